The normalized spacial score (nSPS) is 12.4. The summed E-state index contributed by atoms with van der Waals surface area (Å²) >= 11 is 3.30. The average Bonchev–Trinajstić information content (AvgIpc) is 2.43. The first kappa shape index (κ1) is 15.0. The molecule has 2 rings (SSSR count). The monoisotopic (exact) mass is 344 g/mol. The smallest absolute Gasteiger partial charge is 0.194 e. The van der Waals surface area contributed by atoms with Crippen LogP contribution in [0.4, 0.5) is 13.2 Å². The Kier molecular flexibility index (Phi) is 4.77. The van der Waals surface area contributed by atoms with Crippen molar-refractivity contribution in [2.24, 2.45) is 0 Å². The molecular formula is C14H12BrF3N2. The Hall–Kier alpha value is -1.40. The molecule has 0 aliphatic heterocycles. The second-order valence-electron chi connectivity index (χ2n) is 4.32. The summed E-state index contributed by atoms with van der Waals surface area (Å²) in [4.78, 5) is 4.02. The number of rotatable bonds is 4. The van der Waals surface area contributed by atoms with Crippen LogP contribution in [-0.2, 0) is 6.42 Å². The zero-order valence-electron chi connectivity index (χ0n) is 10.6. The van der Waals surface area contributed by atoms with Gasteiger partial charge in [0.15, 0.2) is 17.5 Å². The summed E-state index contributed by atoms with van der Waals surface area (Å²) in [5.74, 6) is -3.80. The van der Waals surface area contributed by atoms with Crippen molar-refractivity contribution in [3.63, 3.8) is 0 Å². The lowest BCUT2D eigenvalue weighted by Gasteiger charge is -2.18. The molecule has 0 amide bonds. The minimum atomic E-state index is -1.45. The van der Waals surface area contributed by atoms with E-state index in [1.165, 1.54) is 6.07 Å². The number of nitrogens with one attached hydrogen (secondary N) is 1. The molecule has 2 nitrogen and oxygen atoms in total. The van der Waals surface area contributed by atoms with Gasteiger partial charge in [-0.15, -0.1) is 0 Å². The highest BCUT2D eigenvalue weighted by atomic mass is 79.9. The Morgan fingerprint density at radius 2 is 1.95 bits per heavy atom. The van der Waals surface area contributed by atoms with Crippen LogP contribution in [0.5, 0.6) is 0 Å². The Morgan fingerprint density at radius 1 is 1.20 bits per heavy atom. The molecule has 0 fully saturated rings. The van der Waals surface area contributed by atoms with E-state index in [9.17, 15) is 13.2 Å². The van der Waals surface area contributed by atoms with Crippen LogP contribution in [0.2, 0.25) is 0 Å². The van der Waals surface area contributed by atoms with Gasteiger partial charge in [0.2, 0.25) is 0 Å². The maximum atomic E-state index is 13.8. The van der Waals surface area contributed by atoms with Crippen molar-refractivity contribution in [1.82, 2.24) is 10.3 Å². The Morgan fingerprint density at radius 3 is 2.60 bits per heavy atom. The van der Waals surface area contributed by atoms with Gasteiger partial charge in [-0.3, -0.25) is 4.98 Å². The van der Waals surface area contributed by atoms with Crippen molar-refractivity contribution in [2.75, 3.05) is 7.05 Å². The molecule has 0 aliphatic carbocycles. The summed E-state index contributed by atoms with van der Waals surface area (Å²) in [6.45, 7) is 0. The second-order valence-corrected chi connectivity index (χ2v) is 5.24. The summed E-state index contributed by atoms with van der Waals surface area (Å²) in [5, 5.41) is 2.90. The van der Waals surface area contributed by atoms with Crippen LogP contribution in [-0.4, -0.2) is 12.0 Å². The van der Waals surface area contributed by atoms with E-state index in [0.29, 0.717) is 6.42 Å². The molecule has 20 heavy (non-hydrogen) atoms. The first-order valence-corrected chi connectivity index (χ1v) is 6.72. The largest absolute Gasteiger partial charge is 0.313 e. The maximum Gasteiger partial charge on any atom is 0.194 e. The first-order valence-electron chi connectivity index (χ1n) is 5.93. The molecule has 0 radical (unpaired) electrons. The fraction of sp³-hybridized carbons (Fsp3) is 0.214. The molecule has 0 saturated carbocycles. The standard InChI is InChI=1S/C14H12BrF3N2/c1-19-12(5-8-4-9(15)7-20-6-8)10-2-3-11(16)14(18)13(10)17/h2-4,6-7,12,19H,5H2,1H3. The molecule has 1 aromatic carbocycles. The van der Waals surface area contributed by atoms with Gasteiger partial charge in [0.25, 0.3) is 0 Å². The third-order valence-electron chi connectivity index (χ3n) is 2.99. The molecular weight excluding hydrogens is 333 g/mol. The summed E-state index contributed by atoms with van der Waals surface area (Å²) in [7, 11) is 1.64. The lowest BCUT2D eigenvalue weighted by atomic mass is 9.99. The van der Waals surface area contributed by atoms with Gasteiger partial charge in [-0.05, 0) is 47.1 Å². The molecule has 1 N–H and O–H groups in total. The summed E-state index contributed by atoms with van der Waals surface area (Å²) in [6.07, 6.45) is 3.69. The van der Waals surface area contributed by atoms with E-state index in [0.717, 1.165) is 16.1 Å². The van der Waals surface area contributed by atoms with Crippen LogP contribution in [0.25, 0.3) is 0 Å². The van der Waals surface area contributed by atoms with Crippen molar-refractivity contribution >= 4 is 15.9 Å². The molecule has 0 bridgehead atoms. The van der Waals surface area contributed by atoms with Crippen molar-refractivity contribution in [3.8, 4) is 0 Å². The van der Waals surface area contributed by atoms with Crippen LogP contribution in [0, 0.1) is 17.5 Å². The quantitative estimate of drug-likeness (QED) is 0.854. The lowest BCUT2D eigenvalue weighted by Crippen LogP contribution is -2.21. The van der Waals surface area contributed by atoms with E-state index in [1.807, 2.05) is 6.07 Å². The van der Waals surface area contributed by atoms with Crippen molar-refractivity contribution in [3.05, 3.63) is 63.6 Å². The number of nitrogens with zero attached hydrogens (tertiary/aromatic N) is 1. The number of likely N-dealkylation sites (N-methyl/N-ethyl adjacent to an activating group) is 1. The Bertz CT molecular complexity index is 619. The topological polar surface area (TPSA) is 24.9 Å². The number of benzene rings is 1. The highest BCUT2D eigenvalue weighted by molar-refractivity contribution is 9.10. The number of aromatic nitrogens is 1. The number of hydrogen-bond acceptors (Lipinski definition) is 2. The first-order chi connectivity index (χ1) is 9.52. The van der Waals surface area contributed by atoms with Crippen LogP contribution in [0.1, 0.15) is 17.2 Å². The molecule has 1 heterocycles. The van der Waals surface area contributed by atoms with E-state index >= 15 is 0 Å². The number of hydrogen-bond donors (Lipinski definition) is 1. The van der Waals surface area contributed by atoms with Gasteiger partial charge >= 0.3 is 0 Å². The van der Waals surface area contributed by atoms with Gasteiger partial charge < -0.3 is 5.32 Å². The number of pyridine rings is 1. The van der Waals surface area contributed by atoms with Gasteiger partial charge in [0.05, 0.1) is 0 Å². The Balaban J connectivity index is 2.31. The highest BCUT2D eigenvalue weighted by Gasteiger charge is 2.20. The van der Waals surface area contributed by atoms with Crippen molar-refractivity contribution in [2.45, 2.75) is 12.5 Å². The predicted octanol–water partition coefficient (Wildman–Crippen LogP) is 3.76. The van der Waals surface area contributed by atoms with Gasteiger partial charge in [0.1, 0.15) is 0 Å². The van der Waals surface area contributed by atoms with Gasteiger partial charge in [0, 0.05) is 28.5 Å². The lowest BCUT2D eigenvalue weighted by molar-refractivity contribution is 0.428. The van der Waals surface area contributed by atoms with E-state index in [4.69, 9.17) is 0 Å². The van der Waals surface area contributed by atoms with Crippen LogP contribution in [0.3, 0.4) is 0 Å². The summed E-state index contributed by atoms with van der Waals surface area (Å²) < 4.78 is 40.9. The van der Waals surface area contributed by atoms with Crippen molar-refractivity contribution < 1.29 is 13.2 Å². The SMILES string of the molecule is CNC(Cc1cncc(Br)c1)c1ccc(F)c(F)c1F. The minimum absolute atomic E-state index is 0.0892. The van der Waals surface area contributed by atoms with Crippen LogP contribution in [0.15, 0.2) is 35.1 Å². The van der Waals surface area contributed by atoms with Gasteiger partial charge in [-0.1, -0.05) is 6.07 Å². The zero-order chi connectivity index (χ0) is 14.7. The predicted molar refractivity (Wildman–Crippen MR) is 73.8 cm³/mol. The van der Waals surface area contributed by atoms with Gasteiger partial charge in [-0.25, -0.2) is 13.2 Å². The third-order valence-corrected chi connectivity index (χ3v) is 3.42. The van der Waals surface area contributed by atoms with Crippen LogP contribution < -0.4 is 5.32 Å². The second kappa shape index (κ2) is 6.37. The number of halogens is 4. The molecule has 2 aromatic rings. The van der Waals surface area contributed by atoms with E-state index < -0.39 is 23.5 Å². The van der Waals surface area contributed by atoms with Crippen molar-refractivity contribution in [1.29, 1.82) is 0 Å². The Labute approximate surface area is 123 Å². The molecule has 1 aromatic heterocycles. The van der Waals surface area contributed by atoms with E-state index in [1.54, 1.807) is 19.4 Å². The summed E-state index contributed by atoms with van der Waals surface area (Å²) in [5.41, 5.74) is 0.939. The molecule has 1 unspecified atom stereocenters. The fourth-order valence-corrected chi connectivity index (χ4v) is 2.39. The van der Waals surface area contributed by atoms with Gasteiger partial charge in [-0.2, -0.15) is 0 Å². The minimum Gasteiger partial charge on any atom is -0.313 e. The zero-order valence-corrected chi connectivity index (χ0v) is 12.2. The average molecular weight is 345 g/mol. The fourth-order valence-electron chi connectivity index (χ4n) is 1.98. The molecule has 0 saturated heterocycles. The summed E-state index contributed by atoms with van der Waals surface area (Å²) in [6, 6.07) is 3.55. The third kappa shape index (κ3) is 3.19. The van der Waals surface area contributed by atoms with E-state index in [2.05, 4.69) is 26.2 Å². The maximum absolute atomic E-state index is 13.8. The molecule has 0 spiro atoms. The van der Waals surface area contributed by atoms with E-state index in [-0.39, 0.29) is 5.56 Å². The molecule has 1 atom stereocenters. The van der Waals surface area contributed by atoms with Crippen LogP contribution >= 0.6 is 15.9 Å². The highest BCUT2D eigenvalue weighted by Crippen LogP contribution is 2.24. The molecule has 6 heteroatoms. The molecule has 0 aliphatic rings. The molecule has 106 valence electrons.